The maximum absolute atomic E-state index is 11.7. The number of rotatable bonds is 5. The fraction of sp³-hybridized carbons (Fsp3) is 1.00. The van der Waals surface area contributed by atoms with Crippen LogP contribution in [0.1, 0.15) is 27.7 Å². The van der Waals surface area contributed by atoms with E-state index in [0.29, 0.717) is 0 Å². The van der Waals surface area contributed by atoms with Gasteiger partial charge in [0.05, 0.1) is 12.2 Å². The van der Waals surface area contributed by atoms with Crippen molar-refractivity contribution in [2.75, 3.05) is 0 Å². The molecule has 0 fully saturated rings. The number of phosphoric acid groups is 1. The van der Waals surface area contributed by atoms with E-state index in [-0.39, 0.29) is 0 Å². The Kier molecular flexibility index (Phi) is 9.46. The van der Waals surface area contributed by atoms with Gasteiger partial charge in [-0.1, -0.05) is 4.73 Å². The summed E-state index contributed by atoms with van der Waals surface area (Å²) in [6, 6.07) is 0. The SMILES string of the molecule is CC(C)OP(=O)(OF)OC(C)C.O=P(O)(O)F. The molecule has 17 heavy (non-hydrogen) atoms. The third kappa shape index (κ3) is 18.7. The van der Waals surface area contributed by atoms with E-state index in [1.54, 1.807) is 27.7 Å². The summed E-state index contributed by atoms with van der Waals surface area (Å²) in [6.07, 6.45) is -0.823. The summed E-state index contributed by atoms with van der Waals surface area (Å²) in [4.78, 5) is 13.9. The van der Waals surface area contributed by atoms with Crippen LogP contribution in [-0.2, 0) is 22.9 Å². The molecule has 0 radical (unpaired) electrons. The first-order valence-corrected chi connectivity index (χ1v) is 7.38. The van der Waals surface area contributed by atoms with Crippen molar-refractivity contribution < 1.29 is 41.4 Å². The smallest absolute Gasteiger partial charge is 0.299 e. The Morgan fingerprint density at radius 3 is 1.35 bits per heavy atom. The molecule has 0 saturated carbocycles. The maximum Gasteiger partial charge on any atom is 0.507 e. The quantitative estimate of drug-likeness (QED) is 0.752. The Balaban J connectivity index is 0. The van der Waals surface area contributed by atoms with Gasteiger partial charge in [-0.15, -0.1) is 4.20 Å². The summed E-state index contributed by atoms with van der Waals surface area (Å²) in [5, 5.41) is 0. The highest BCUT2D eigenvalue weighted by atomic mass is 31.2. The second-order valence-electron chi connectivity index (χ2n) is 3.30. The van der Waals surface area contributed by atoms with Crippen molar-refractivity contribution in [1.82, 2.24) is 0 Å². The molecular formula is C6H16F2O7P2. The summed E-state index contributed by atoms with van der Waals surface area (Å²) >= 11 is 0. The van der Waals surface area contributed by atoms with Crippen molar-refractivity contribution in [3.8, 4) is 0 Å². The van der Waals surface area contributed by atoms with E-state index in [1.165, 1.54) is 0 Å². The Morgan fingerprint density at radius 1 is 1.00 bits per heavy atom. The second kappa shape index (κ2) is 8.26. The maximum atomic E-state index is 11.7. The van der Waals surface area contributed by atoms with Gasteiger partial charge in [0.15, 0.2) is 0 Å². The molecule has 2 N–H and O–H groups in total. The molecule has 0 amide bonds. The standard InChI is InChI=1S/C6H14FO4P.FH2O3P/c1-5(2)9-12(8,11-7)10-6(3)4;1-5(2,3)4/h5-6H,1-4H3;(H2,2,3,4). The average Bonchev–Trinajstić information content (AvgIpc) is 1.97. The molecule has 0 heterocycles. The lowest BCUT2D eigenvalue weighted by molar-refractivity contribution is -0.0678. The van der Waals surface area contributed by atoms with Crippen LogP contribution in [0.5, 0.6) is 0 Å². The molecule has 0 aromatic rings. The first kappa shape index (κ1) is 19.5. The fourth-order valence-corrected chi connectivity index (χ4v) is 1.72. The van der Waals surface area contributed by atoms with Gasteiger partial charge in [-0.05, 0) is 32.2 Å². The molecule has 0 aliphatic carbocycles. The summed E-state index contributed by atoms with van der Waals surface area (Å²) in [7, 11) is -9.12. The minimum absolute atomic E-state index is 0.412. The van der Waals surface area contributed by atoms with Crippen LogP contribution in [-0.4, -0.2) is 22.0 Å². The Hall–Kier alpha value is 0.120. The van der Waals surface area contributed by atoms with Gasteiger partial charge in [-0.25, -0.2) is 9.13 Å². The highest BCUT2D eigenvalue weighted by molar-refractivity contribution is 7.48. The van der Waals surface area contributed by atoms with Gasteiger partial charge in [0.25, 0.3) is 0 Å². The molecule has 0 aliphatic rings. The van der Waals surface area contributed by atoms with Gasteiger partial charge < -0.3 is 0 Å². The van der Waals surface area contributed by atoms with Crippen LogP contribution in [0.15, 0.2) is 0 Å². The number of phosphoric ester groups is 1. The second-order valence-corrected chi connectivity index (χ2v) is 5.70. The van der Waals surface area contributed by atoms with Crippen molar-refractivity contribution in [3.63, 3.8) is 0 Å². The Bertz CT molecular complexity index is 268. The zero-order valence-electron chi connectivity index (χ0n) is 9.74. The molecule has 0 aromatic heterocycles. The van der Waals surface area contributed by atoms with E-state index in [2.05, 4.69) is 13.8 Å². The average molecular weight is 300 g/mol. The lowest BCUT2D eigenvalue weighted by Crippen LogP contribution is -2.07. The van der Waals surface area contributed by atoms with E-state index in [1.807, 2.05) is 0 Å². The summed E-state index contributed by atoms with van der Waals surface area (Å²) in [6.45, 7) is 6.43. The molecule has 106 valence electrons. The molecular weight excluding hydrogens is 284 g/mol. The van der Waals surface area contributed by atoms with Crippen LogP contribution in [0.4, 0.5) is 8.72 Å². The largest absolute Gasteiger partial charge is 0.507 e. The minimum atomic E-state index is -5.14. The van der Waals surface area contributed by atoms with Gasteiger partial charge in [-0.3, -0.25) is 18.8 Å². The van der Waals surface area contributed by atoms with Crippen molar-refractivity contribution >= 4 is 15.7 Å². The van der Waals surface area contributed by atoms with Crippen molar-refractivity contribution in [2.45, 2.75) is 39.9 Å². The summed E-state index contributed by atoms with van der Waals surface area (Å²) in [5.74, 6) is 0. The van der Waals surface area contributed by atoms with E-state index < -0.39 is 27.9 Å². The van der Waals surface area contributed by atoms with E-state index in [4.69, 9.17) is 14.4 Å². The van der Waals surface area contributed by atoms with Crippen LogP contribution < -0.4 is 0 Å². The third-order valence-electron chi connectivity index (χ3n) is 0.764. The van der Waals surface area contributed by atoms with Crippen LogP contribution >= 0.6 is 15.7 Å². The molecule has 0 rings (SSSR count). The molecule has 0 unspecified atom stereocenters. The molecule has 11 heteroatoms. The third-order valence-corrected chi connectivity index (χ3v) is 2.29. The van der Waals surface area contributed by atoms with Gasteiger partial charge in [0.1, 0.15) is 0 Å². The highest BCUT2D eigenvalue weighted by Gasteiger charge is 2.30. The molecule has 0 saturated heterocycles. The number of hydrogen-bond acceptors (Lipinski definition) is 5. The molecule has 0 aromatic carbocycles. The zero-order valence-corrected chi connectivity index (χ0v) is 11.5. The van der Waals surface area contributed by atoms with Crippen LogP contribution in [0.3, 0.4) is 0 Å². The minimum Gasteiger partial charge on any atom is -0.299 e. The zero-order chi connectivity index (χ0) is 14.3. The lowest BCUT2D eigenvalue weighted by Gasteiger charge is -2.17. The molecule has 0 spiro atoms. The number of hydrogen-bond donors (Lipinski definition) is 2. The van der Waals surface area contributed by atoms with Gasteiger partial charge in [-0.2, -0.15) is 0 Å². The van der Waals surface area contributed by atoms with E-state index >= 15 is 0 Å². The van der Waals surface area contributed by atoms with Crippen molar-refractivity contribution in [2.24, 2.45) is 0 Å². The Morgan fingerprint density at radius 2 is 1.24 bits per heavy atom. The Labute approximate surface area is 97.9 Å². The lowest BCUT2D eigenvalue weighted by atomic mass is 10.5. The molecule has 7 nitrogen and oxygen atoms in total. The van der Waals surface area contributed by atoms with Crippen LogP contribution in [0.2, 0.25) is 0 Å². The predicted octanol–water partition coefficient (Wildman–Crippen LogP) is 2.89. The van der Waals surface area contributed by atoms with E-state index in [9.17, 15) is 13.3 Å². The topological polar surface area (TPSA) is 102 Å². The fourth-order valence-electron chi connectivity index (χ4n) is 0.574. The van der Waals surface area contributed by atoms with Crippen molar-refractivity contribution in [3.05, 3.63) is 0 Å². The molecule has 0 atom stereocenters. The summed E-state index contributed by atoms with van der Waals surface area (Å²) < 4.78 is 54.4. The predicted molar refractivity (Wildman–Crippen MR) is 55.4 cm³/mol. The van der Waals surface area contributed by atoms with Crippen molar-refractivity contribution in [1.29, 1.82) is 0 Å². The highest BCUT2D eigenvalue weighted by Crippen LogP contribution is 2.51. The first-order valence-electron chi connectivity index (χ1n) is 4.42. The molecule has 0 bridgehead atoms. The van der Waals surface area contributed by atoms with Gasteiger partial charge in [0.2, 0.25) is 0 Å². The summed E-state index contributed by atoms with van der Waals surface area (Å²) in [5.41, 5.74) is 0. The monoisotopic (exact) mass is 300 g/mol. The van der Waals surface area contributed by atoms with Crippen LogP contribution in [0, 0.1) is 0 Å². The van der Waals surface area contributed by atoms with Crippen LogP contribution in [0.25, 0.3) is 0 Å². The normalized spacial score (nSPS) is 12.6. The molecule has 0 aliphatic heterocycles. The first-order chi connectivity index (χ1) is 7.39. The van der Waals surface area contributed by atoms with E-state index in [0.717, 1.165) is 0 Å². The van der Waals surface area contributed by atoms with Gasteiger partial charge >= 0.3 is 15.7 Å². The number of halogens is 2. The van der Waals surface area contributed by atoms with Gasteiger partial charge in [0, 0.05) is 0 Å².